The smallest absolute Gasteiger partial charge is 0.225 e. The zero-order chi connectivity index (χ0) is 13.2. The topological polar surface area (TPSA) is 46.3 Å². The first kappa shape index (κ1) is 14.4. The molecule has 1 aliphatic rings. The summed E-state index contributed by atoms with van der Waals surface area (Å²) in [5, 5.41) is 0. The van der Waals surface area contributed by atoms with E-state index in [4.69, 9.17) is 18.0 Å². The van der Waals surface area contributed by atoms with E-state index in [1.807, 2.05) is 11.8 Å². The molecule has 1 amide bonds. The first-order valence-electron chi connectivity index (χ1n) is 6.36. The van der Waals surface area contributed by atoms with Crippen LogP contribution in [0.2, 0.25) is 0 Å². The van der Waals surface area contributed by atoms with Crippen LogP contribution in [-0.2, 0) is 4.79 Å². The highest BCUT2D eigenvalue weighted by molar-refractivity contribution is 7.80. The van der Waals surface area contributed by atoms with E-state index >= 15 is 0 Å². The third-order valence-corrected chi connectivity index (χ3v) is 4.66. The Morgan fingerprint density at radius 2 is 1.76 bits per heavy atom. The van der Waals surface area contributed by atoms with Crippen LogP contribution >= 0.6 is 12.2 Å². The van der Waals surface area contributed by atoms with E-state index in [0.717, 1.165) is 25.9 Å². The lowest BCUT2D eigenvalue weighted by Crippen LogP contribution is -2.48. The Morgan fingerprint density at radius 3 is 2.12 bits per heavy atom. The molecule has 1 unspecified atom stereocenters. The number of carbonyl (C=O) groups is 1. The van der Waals surface area contributed by atoms with E-state index in [1.54, 1.807) is 0 Å². The minimum Gasteiger partial charge on any atom is -0.393 e. The lowest BCUT2D eigenvalue weighted by atomic mass is 9.80. The number of piperidine rings is 1. The number of rotatable bonds is 3. The molecular formula is C13H24N2OS. The lowest BCUT2D eigenvalue weighted by molar-refractivity contribution is -0.138. The van der Waals surface area contributed by atoms with Crippen LogP contribution in [0.5, 0.6) is 0 Å². The number of hydrogen-bond acceptors (Lipinski definition) is 2. The van der Waals surface area contributed by atoms with Crippen LogP contribution in [0.1, 0.15) is 40.5 Å². The molecule has 1 atom stereocenters. The highest BCUT2D eigenvalue weighted by atomic mass is 32.1. The third-order valence-electron chi connectivity index (χ3n) is 4.16. The number of likely N-dealkylation sites (tertiary alicyclic amines) is 1. The Labute approximate surface area is 110 Å². The number of hydrogen-bond donors (Lipinski definition) is 1. The van der Waals surface area contributed by atoms with Crippen molar-refractivity contribution in [1.29, 1.82) is 0 Å². The van der Waals surface area contributed by atoms with Gasteiger partial charge in [-0.3, -0.25) is 4.79 Å². The average molecular weight is 256 g/mol. The van der Waals surface area contributed by atoms with Crippen molar-refractivity contribution in [2.24, 2.45) is 23.0 Å². The molecule has 2 N–H and O–H groups in total. The third kappa shape index (κ3) is 3.18. The van der Waals surface area contributed by atoms with Crippen LogP contribution in [0.25, 0.3) is 0 Å². The van der Waals surface area contributed by atoms with Crippen molar-refractivity contribution >= 4 is 23.1 Å². The van der Waals surface area contributed by atoms with Crippen molar-refractivity contribution < 1.29 is 4.79 Å². The number of nitrogens with two attached hydrogens (primary N) is 1. The predicted molar refractivity (Wildman–Crippen MR) is 74.7 cm³/mol. The van der Waals surface area contributed by atoms with E-state index in [2.05, 4.69) is 20.8 Å². The standard InChI is InChI=1S/C13H24N2OS/c1-9(2)10(3)11(16)15-7-5-13(4,6-8-15)12(14)17/h9-10H,5-8H2,1-4H3,(H2,14,17). The van der Waals surface area contributed by atoms with Crippen molar-refractivity contribution in [2.75, 3.05) is 13.1 Å². The molecule has 0 aromatic carbocycles. The lowest BCUT2D eigenvalue weighted by Gasteiger charge is -2.40. The molecule has 0 aromatic heterocycles. The molecule has 0 bridgehead atoms. The summed E-state index contributed by atoms with van der Waals surface area (Å²) in [6, 6.07) is 0. The van der Waals surface area contributed by atoms with Gasteiger partial charge in [-0.05, 0) is 18.8 Å². The molecule has 0 spiro atoms. The molecule has 0 radical (unpaired) electrons. The Balaban J connectivity index is 2.58. The normalized spacial score (nSPS) is 21.4. The Bertz CT molecular complexity index is 307. The summed E-state index contributed by atoms with van der Waals surface area (Å²) in [4.78, 5) is 14.7. The maximum absolute atomic E-state index is 12.2. The largest absolute Gasteiger partial charge is 0.393 e. The van der Waals surface area contributed by atoms with E-state index in [9.17, 15) is 4.79 Å². The summed E-state index contributed by atoms with van der Waals surface area (Å²) >= 11 is 5.10. The van der Waals surface area contributed by atoms with Crippen LogP contribution in [0.3, 0.4) is 0 Å². The first-order chi connectivity index (χ1) is 7.78. The summed E-state index contributed by atoms with van der Waals surface area (Å²) in [6.45, 7) is 9.85. The van der Waals surface area contributed by atoms with E-state index < -0.39 is 0 Å². The van der Waals surface area contributed by atoms with Gasteiger partial charge >= 0.3 is 0 Å². The van der Waals surface area contributed by atoms with Crippen molar-refractivity contribution in [3.63, 3.8) is 0 Å². The van der Waals surface area contributed by atoms with Gasteiger partial charge in [0.2, 0.25) is 5.91 Å². The second kappa shape index (κ2) is 5.34. The zero-order valence-corrected chi connectivity index (χ0v) is 12.1. The molecule has 1 aliphatic heterocycles. The zero-order valence-electron chi connectivity index (χ0n) is 11.3. The summed E-state index contributed by atoms with van der Waals surface area (Å²) in [5.41, 5.74) is 5.70. The van der Waals surface area contributed by atoms with Gasteiger partial charge in [0.25, 0.3) is 0 Å². The second-order valence-corrected chi connectivity index (χ2v) is 6.22. The van der Waals surface area contributed by atoms with Crippen LogP contribution in [0.4, 0.5) is 0 Å². The molecule has 0 aliphatic carbocycles. The molecule has 1 fully saturated rings. The Kier molecular flexibility index (Phi) is 4.53. The van der Waals surface area contributed by atoms with Gasteiger partial charge in [-0.1, -0.05) is 39.9 Å². The van der Waals surface area contributed by atoms with Crippen LogP contribution in [0, 0.1) is 17.3 Å². The Morgan fingerprint density at radius 1 is 1.29 bits per heavy atom. The van der Waals surface area contributed by atoms with E-state index in [-0.39, 0.29) is 17.2 Å². The van der Waals surface area contributed by atoms with Crippen molar-refractivity contribution in [2.45, 2.75) is 40.5 Å². The molecule has 98 valence electrons. The number of carbonyl (C=O) groups excluding carboxylic acids is 1. The molecule has 0 saturated carbocycles. The highest BCUT2D eigenvalue weighted by Gasteiger charge is 2.35. The van der Waals surface area contributed by atoms with E-state index in [0.29, 0.717) is 10.9 Å². The minimum absolute atomic E-state index is 0.0623. The predicted octanol–water partition coefficient (Wildman–Crippen LogP) is 2.19. The maximum atomic E-state index is 12.2. The molecular weight excluding hydrogens is 232 g/mol. The van der Waals surface area contributed by atoms with Crippen molar-refractivity contribution in [1.82, 2.24) is 4.90 Å². The molecule has 1 rings (SSSR count). The van der Waals surface area contributed by atoms with Crippen LogP contribution in [-0.4, -0.2) is 28.9 Å². The van der Waals surface area contributed by atoms with Gasteiger partial charge in [0.05, 0.1) is 4.99 Å². The fraction of sp³-hybridized carbons (Fsp3) is 0.846. The molecule has 3 nitrogen and oxygen atoms in total. The quantitative estimate of drug-likeness (QED) is 0.787. The molecule has 1 heterocycles. The molecule has 4 heteroatoms. The average Bonchev–Trinajstić information content (AvgIpc) is 2.27. The van der Waals surface area contributed by atoms with Crippen LogP contribution < -0.4 is 5.73 Å². The van der Waals surface area contributed by atoms with Gasteiger partial charge in [-0.15, -0.1) is 0 Å². The van der Waals surface area contributed by atoms with Crippen molar-refractivity contribution in [3.05, 3.63) is 0 Å². The molecule has 17 heavy (non-hydrogen) atoms. The van der Waals surface area contributed by atoms with E-state index in [1.165, 1.54) is 0 Å². The van der Waals surface area contributed by atoms with Gasteiger partial charge in [-0.2, -0.15) is 0 Å². The second-order valence-electron chi connectivity index (χ2n) is 5.78. The van der Waals surface area contributed by atoms with Gasteiger partial charge in [0.15, 0.2) is 0 Å². The minimum atomic E-state index is -0.0623. The van der Waals surface area contributed by atoms with Crippen molar-refractivity contribution in [3.8, 4) is 0 Å². The number of thiocarbonyl (C=S) groups is 1. The summed E-state index contributed by atoms with van der Waals surface area (Å²) in [7, 11) is 0. The highest BCUT2D eigenvalue weighted by Crippen LogP contribution is 2.32. The molecule has 1 saturated heterocycles. The summed E-state index contributed by atoms with van der Waals surface area (Å²) in [5.74, 6) is 0.764. The van der Waals surface area contributed by atoms with Gasteiger partial charge < -0.3 is 10.6 Å². The fourth-order valence-corrected chi connectivity index (χ4v) is 2.24. The summed E-state index contributed by atoms with van der Waals surface area (Å²) < 4.78 is 0. The SMILES string of the molecule is CC(C)C(C)C(=O)N1CCC(C)(C(N)=S)CC1. The summed E-state index contributed by atoms with van der Waals surface area (Å²) in [6.07, 6.45) is 1.78. The van der Waals surface area contributed by atoms with Gasteiger partial charge in [-0.25, -0.2) is 0 Å². The number of nitrogens with zero attached hydrogens (tertiary/aromatic N) is 1. The first-order valence-corrected chi connectivity index (χ1v) is 6.77. The number of amides is 1. The van der Waals surface area contributed by atoms with Gasteiger partial charge in [0, 0.05) is 24.4 Å². The monoisotopic (exact) mass is 256 g/mol. The van der Waals surface area contributed by atoms with Gasteiger partial charge in [0.1, 0.15) is 0 Å². The Hall–Kier alpha value is -0.640. The fourth-order valence-electron chi connectivity index (χ4n) is 2.04. The maximum Gasteiger partial charge on any atom is 0.225 e. The molecule has 0 aromatic rings. The van der Waals surface area contributed by atoms with Crippen LogP contribution in [0.15, 0.2) is 0 Å².